The molecular formula is C16H17NO3S. The summed E-state index contributed by atoms with van der Waals surface area (Å²) in [5.41, 5.74) is 1.01. The molecule has 0 fully saturated rings. The van der Waals surface area contributed by atoms with Gasteiger partial charge in [-0.3, -0.25) is 0 Å². The molecule has 0 spiro atoms. The molecule has 0 saturated heterocycles. The van der Waals surface area contributed by atoms with Crippen LogP contribution in [0.3, 0.4) is 0 Å². The second-order valence-corrected chi connectivity index (χ2v) is 6.94. The monoisotopic (exact) mass is 303 g/mol. The number of sulfone groups is 1. The van der Waals surface area contributed by atoms with Crippen molar-refractivity contribution >= 4 is 9.84 Å². The summed E-state index contributed by atoms with van der Waals surface area (Å²) in [5, 5.41) is 3.22. The van der Waals surface area contributed by atoms with Crippen molar-refractivity contribution in [3.63, 3.8) is 0 Å². The Hall–Kier alpha value is -1.85. The van der Waals surface area contributed by atoms with Crippen molar-refractivity contribution in [3.05, 3.63) is 54.1 Å². The first-order chi connectivity index (χ1) is 10.1. The quantitative estimate of drug-likeness (QED) is 0.947. The van der Waals surface area contributed by atoms with Gasteiger partial charge in [0, 0.05) is 18.0 Å². The first-order valence-corrected chi connectivity index (χ1v) is 8.35. The van der Waals surface area contributed by atoms with Crippen LogP contribution >= 0.6 is 0 Å². The van der Waals surface area contributed by atoms with Crippen LogP contribution < -0.4 is 10.1 Å². The molecule has 110 valence electrons. The highest BCUT2D eigenvalue weighted by molar-refractivity contribution is 7.91. The Bertz CT molecular complexity index is 741. The lowest BCUT2D eigenvalue weighted by molar-refractivity contribution is 0.256. The first kappa shape index (κ1) is 14.1. The van der Waals surface area contributed by atoms with Gasteiger partial charge in [0.2, 0.25) is 9.84 Å². The fourth-order valence-electron chi connectivity index (χ4n) is 2.57. The van der Waals surface area contributed by atoms with E-state index in [1.54, 1.807) is 42.5 Å². The molecule has 1 atom stereocenters. The number of rotatable bonds is 3. The van der Waals surface area contributed by atoms with Crippen molar-refractivity contribution in [2.75, 3.05) is 13.7 Å². The van der Waals surface area contributed by atoms with Gasteiger partial charge in [-0.25, -0.2) is 8.42 Å². The van der Waals surface area contributed by atoms with Crippen LogP contribution in [0.4, 0.5) is 0 Å². The molecule has 1 aliphatic heterocycles. The molecule has 0 radical (unpaired) electrons. The molecule has 0 amide bonds. The highest BCUT2D eigenvalue weighted by Gasteiger charge is 2.24. The topological polar surface area (TPSA) is 55.4 Å². The Morgan fingerprint density at radius 2 is 1.86 bits per heavy atom. The SMILES string of the molecule is CNC1CCOc2cc(S(=O)(=O)c3ccccc3)ccc21. The van der Waals surface area contributed by atoms with Gasteiger partial charge in [0.25, 0.3) is 0 Å². The van der Waals surface area contributed by atoms with E-state index >= 15 is 0 Å². The van der Waals surface area contributed by atoms with Crippen molar-refractivity contribution in [2.45, 2.75) is 22.3 Å². The summed E-state index contributed by atoms with van der Waals surface area (Å²) in [5.74, 6) is 0.651. The van der Waals surface area contributed by atoms with Crippen molar-refractivity contribution in [2.24, 2.45) is 0 Å². The fraction of sp³-hybridized carbons (Fsp3) is 0.250. The van der Waals surface area contributed by atoms with Gasteiger partial charge in [0.1, 0.15) is 5.75 Å². The van der Waals surface area contributed by atoms with Crippen molar-refractivity contribution in [3.8, 4) is 5.75 Å². The van der Waals surface area contributed by atoms with Crippen LogP contribution in [0.5, 0.6) is 5.75 Å². The maximum Gasteiger partial charge on any atom is 0.206 e. The average molecular weight is 303 g/mol. The van der Waals surface area contributed by atoms with Gasteiger partial charge < -0.3 is 10.1 Å². The number of hydrogen-bond acceptors (Lipinski definition) is 4. The summed E-state index contributed by atoms with van der Waals surface area (Å²) in [6.45, 7) is 0.591. The molecule has 0 saturated carbocycles. The minimum absolute atomic E-state index is 0.210. The molecule has 0 bridgehead atoms. The highest BCUT2D eigenvalue weighted by Crippen LogP contribution is 2.34. The maximum atomic E-state index is 12.6. The minimum Gasteiger partial charge on any atom is -0.493 e. The summed E-state index contributed by atoms with van der Waals surface area (Å²) < 4.78 is 30.8. The van der Waals surface area contributed by atoms with Crippen LogP contribution in [0.25, 0.3) is 0 Å². The van der Waals surface area contributed by atoms with Crippen LogP contribution in [-0.4, -0.2) is 22.1 Å². The molecular weight excluding hydrogens is 286 g/mol. The third-order valence-electron chi connectivity index (χ3n) is 3.74. The standard InChI is InChI=1S/C16H17NO3S/c1-17-15-9-10-20-16-11-13(7-8-14(15)16)21(18,19)12-5-3-2-4-6-12/h2-8,11,15,17H,9-10H2,1H3. The highest BCUT2D eigenvalue weighted by atomic mass is 32.2. The summed E-state index contributed by atoms with van der Waals surface area (Å²) in [7, 11) is -1.60. The Morgan fingerprint density at radius 1 is 1.10 bits per heavy atom. The smallest absolute Gasteiger partial charge is 0.206 e. The predicted molar refractivity (Wildman–Crippen MR) is 80.2 cm³/mol. The van der Waals surface area contributed by atoms with Gasteiger partial charge in [0.05, 0.1) is 16.4 Å². The zero-order valence-corrected chi connectivity index (χ0v) is 12.6. The molecule has 0 aromatic heterocycles. The minimum atomic E-state index is -3.50. The molecule has 2 aromatic carbocycles. The van der Waals surface area contributed by atoms with E-state index in [1.807, 2.05) is 13.1 Å². The normalized spacial score (nSPS) is 17.9. The number of fused-ring (bicyclic) bond motifs is 1. The lowest BCUT2D eigenvalue weighted by Crippen LogP contribution is -2.24. The summed E-state index contributed by atoms with van der Waals surface area (Å²) >= 11 is 0. The van der Waals surface area contributed by atoms with Crippen molar-refractivity contribution in [1.29, 1.82) is 0 Å². The molecule has 4 nitrogen and oxygen atoms in total. The largest absolute Gasteiger partial charge is 0.493 e. The number of hydrogen-bond donors (Lipinski definition) is 1. The predicted octanol–water partition coefficient (Wildman–Crippen LogP) is 2.56. The summed E-state index contributed by atoms with van der Waals surface area (Å²) in [4.78, 5) is 0.565. The fourth-order valence-corrected chi connectivity index (χ4v) is 3.87. The Balaban J connectivity index is 2.05. The van der Waals surface area contributed by atoms with E-state index in [4.69, 9.17) is 4.74 Å². The van der Waals surface area contributed by atoms with Crippen LogP contribution in [0, 0.1) is 0 Å². The molecule has 1 heterocycles. The second-order valence-electron chi connectivity index (χ2n) is 4.99. The van der Waals surface area contributed by atoms with E-state index in [0.717, 1.165) is 12.0 Å². The number of nitrogens with one attached hydrogen (secondary N) is 1. The molecule has 21 heavy (non-hydrogen) atoms. The van der Waals surface area contributed by atoms with Crippen LogP contribution in [0.2, 0.25) is 0 Å². The third kappa shape index (κ3) is 2.54. The molecule has 3 rings (SSSR count). The second kappa shape index (κ2) is 5.50. The Kier molecular flexibility index (Phi) is 3.69. The lowest BCUT2D eigenvalue weighted by Gasteiger charge is -2.26. The van der Waals surface area contributed by atoms with Crippen LogP contribution in [-0.2, 0) is 9.84 Å². The van der Waals surface area contributed by atoms with E-state index in [1.165, 1.54) is 0 Å². The lowest BCUT2D eigenvalue weighted by atomic mass is 10.0. The first-order valence-electron chi connectivity index (χ1n) is 6.87. The Morgan fingerprint density at radius 3 is 2.57 bits per heavy atom. The molecule has 0 aliphatic carbocycles. The Labute approximate surface area is 124 Å². The summed E-state index contributed by atoms with van der Waals surface area (Å²) in [6, 6.07) is 13.8. The van der Waals surface area contributed by atoms with Crippen LogP contribution in [0.1, 0.15) is 18.0 Å². The molecule has 1 aliphatic rings. The van der Waals surface area contributed by atoms with Gasteiger partial charge in [0.15, 0.2) is 0 Å². The van der Waals surface area contributed by atoms with Gasteiger partial charge in [-0.05, 0) is 31.3 Å². The van der Waals surface area contributed by atoms with E-state index in [-0.39, 0.29) is 10.9 Å². The van der Waals surface area contributed by atoms with Gasteiger partial charge in [-0.2, -0.15) is 0 Å². The zero-order chi connectivity index (χ0) is 14.9. The van der Waals surface area contributed by atoms with E-state index in [2.05, 4.69) is 5.32 Å². The van der Waals surface area contributed by atoms with Gasteiger partial charge >= 0.3 is 0 Å². The summed E-state index contributed by atoms with van der Waals surface area (Å²) in [6.07, 6.45) is 0.883. The van der Waals surface area contributed by atoms with E-state index in [9.17, 15) is 8.42 Å². The molecule has 1 unspecified atom stereocenters. The average Bonchev–Trinajstić information content (AvgIpc) is 2.54. The van der Waals surface area contributed by atoms with Crippen molar-refractivity contribution in [1.82, 2.24) is 5.32 Å². The molecule has 1 N–H and O–H groups in total. The molecule has 2 aromatic rings. The third-order valence-corrected chi connectivity index (χ3v) is 5.50. The van der Waals surface area contributed by atoms with Crippen molar-refractivity contribution < 1.29 is 13.2 Å². The van der Waals surface area contributed by atoms with Crippen LogP contribution in [0.15, 0.2) is 58.3 Å². The van der Waals surface area contributed by atoms with Gasteiger partial charge in [-0.15, -0.1) is 0 Å². The number of benzene rings is 2. The molecule has 5 heteroatoms. The maximum absolute atomic E-state index is 12.6. The van der Waals surface area contributed by atoms with E-state index in [0.29, 0.717) is 17.3 Å². The number of ether oxygens (including phenoxy) is 1. The van der Waals surface area contributed by atoms with E-state index < -0.39 is 9.84 Å². The zero-order valence-electron chi connectivity index (χ0n) is 11.7. The van der Waals surface area contributed by atoms with Gasteiger partial charge in [-0.1, -0.05) is 24.3 Å².